The number of ether oxygens (including phenoxy) is 3. The minimum absolute atomic E-state index is 0.191. The standard InChI is InChI=1S/C21H26FNO3/c1-24-15-26-20-4-2-3-19(9-10-20)25-14-17-13-23-12-11-21(17)16-5-7-18(22)8-6-16/h2-9,17,21,23H,10-15H2,1H3. The Morgan fingerprint density at radius 1 is 1.19 bits per heavy atom. The Morgan fingerprint density at radius 3 is 2.85 bits per heavy atom. The predicted octanol–water partition coefficient (Wildman–Crippen LogP) is 3.88. The summed E-state index contributed by atoms with van der Waals surface area (Å²) in [6.07, 6.45) is 9.54. The Balaban J connectivity index is 1.57. The number of halogens is 1. The van der Waals surface area contributed by atoms with Crippen LogP contribution in [0.25, 0.3) is 0 Å². The maximum Gasteiger partial charge on any atom is 0.188 e. The molecule has 0 aromatic heterocycles. The van der Waals surface area contributed by atoms with Crippen molar-refractivity contribution in [3.63, 3.8) is 0 Å². The van der Waals surface area contributed by atoms with Crippen LogP contribution in [0.2, 0.25) is 0 Å². The highest BCUT2D eigenvalue weighted by Gasteiger charge is 2.27. The first kappa shape index (κ1) is 18.7. The second-order valence-corrected chi connectivity index (χ2v) is 6.58. The Morgan fingerprint density at radius 2 is 2.04 bits per heavy atom. The molecule has 2 aliphatic rings. The summed E-state index contributed by atoms with van der Waals surface area (Å²) in [5, 5.41) is 3.44. The van der Waals surface area contributed by atoms with E-state index < -0.39 is 0 Å². The molecular formula is C21H26FNO3. The second kappa shape index (κ2) is 9.55. The summed E-state index contributed by atoms with van der Waals surface area (Å²) in [5.74, 6) is 2.24. The molecule has 1 aromatic carbocycles. The number of benzene rings is 1. The summed E-state index contributed by atoms with van der Waals surface area (Å²) >= 11 is 0. The molecule has 1 saturated heterocycles. The third kappa shape index (κ3) is 5.19. The second-order valence-electron chi connectivity index (χ2n) is 6.58. The summed E-state index contributed by atoms with van der Waals surface area (Å²) < 4.78 is 29.7. The van der Waals surface area contributed by atoms with Crippen molar-refractivity contribution in [3.05, 3.63) is 71.5 Å². The van der Waals surface area contributed by atoms with Gasteiger partial charge in [0.05, 0.1) is 6.61 Å². The molecule has 2 unspecified atom stereocenters. The van der Waals surface area contributed by atoms with E-state index in [0.29, 0.717) is 24.9 Å². The molecule has 5 heteroatoms. The van der Waals surface area contributed by atoms with Gasteiger partial charge >= 0.3 is 0 Å². The maximum atomic E-state index is 13.2. The first-order chi connectivity index (χ1) is 12.8. The van der Waals surface area contributed by atoms with E-state index in [9.17, 15) is 4.39 Å². The van der Waals surface area contributed by atoms with E-state index in [4.69, 9.17) is 14.2 Å². The molecule has 26 heavy (non-hydrogen) atoms. The van der Waals surface area contributed by atoms with Crippen molar-refractivity contribution in [3.8, 4) is 0 Å². The topological polar surface area (TPSA) is 39.7 Å². The minimum Gasteiger partial charge on any atom is -0.494 e. The summed E-state index contributed by atoms with van der Waals surface area (Å²) in [6, 6.07) is 6.87. The van der Waals surface area contributed by atoms with Gasteiger partial charge in [-0.15, -0.1) is 0 Å². The van der Waals surface area contributed by atoms with Crippen LogP contribution < -0.4 is 5.32 Å². The summed E-state index contributed by atoms with van der Waals surface area (Å²) in [4.78, 5) is 0. The lowest BCUT2D eigenvalue weighted by atomic mass is 9.81. The van der Waals surface area contributed by atoms with Crippen LogP contribution in [0.3, 0.4) is 0 Å². The van der Waals surface area contributed by atoms with Gasteiger partial charge in [0.15, 0.2) is 6.79 Å². The van der Waals surface area contributed by atoms with Crippen LogP contribution in [-0.2, 0) is 14.2 Å². The first-order valence-corrected chi connectivity index (χ1v) is 9.04. The monoisotopic (exact) mass is 359 g/mol. The quantitative estimate of drug-likeness (QED) is 0.750. The molecule has 0 saturated carbocycles. The molecule has 2 atom stereocenters. The average Bonchev–Trinajstić information content (AvgIpc) is 2.91. The molecule has 4 nitrogen and oxygen atoms in total. The van der Waals surface area contributed by atoms with E-state index >= 15 is 0 Å². The average molecular weight is 359 g/mol. The van der Waals surface area contributed by atoms with Gasteiger partial charge in [-0.05, 0) is 54.8 Å². The van der Waals surface area contributed by atoms with Crippen molar-refractivity contribution in [1.29, 1.82) is 0 Å². The fourth-order valence-corrected chi connectivity index (χ4v) is 3.39. The van der Waals surface area contributed by atoms with Crippen molar-refractivity contribution in [2.45, 2.75) is 18.8 Å². The van der Waals surface area contributed by atoms with Crippen LogP contribution in [0.15, 0.2) is 60.1 Å². The van der Waals surface area contributed by atoms with Gasteiger partial charge in [0.1, 0.15) is 17.3 Å². The van der Waals surface area contributed by atoms with Gasteiger partial charge in [-0.3, -0.25) is 0 Å². The molecule has 1 aromatic rings. The lowest BCUT2D eigenvalue weighted by Crippen LogP contribution is -2.37. The molecule has 1 heterocycles. The van der Waals surface area contributed by atoms with Crippen molar-refractivity contribution >= 4 is 0 Å². The third-order valence-electron chi connectivity index (χ3n) is 4.78. The van der Waals surface area contributed by atoms with E-state index in [2.05, 4.69) is 5.32 Å². The zero-order valence-electron chi connectivity index (χ0n) is 15.1. The third-order valence-corrected chi connectivity index (χ3v) is 4.78. The van der Waals surface area contributed by atoms with E-state index in [-0.39, 0.29) is 12.6 Å². The van der Waals surface area contributed by atoms with Gasteiger partial charge in [-0.1, -0.05) is 18.2 Å². The number of rotatable bonds is 7. The Kier molecular flexibility index (Phi) is 6.86. The Hall–Kier alpha value is -2.11. The Bertz CT molecular complexity index is 666. The van der Waals surface area contributed by atoms with Gasteiger partial charge in [-0.25, -0.2) is 4.39 Å². The highest BCUT2D eigenvalue weighted by Crippen LogP contribution is 2.31. The van der Waals surface area contributed by atoms with E-state index in [0.717, 1.165) is 31.0 Å². The molecule has 1 aliphatic heterocycles. The number of methoxy groups -OCH3 is 1. The minimum atomic E-state index is -0.191. The molecule has 0 radical (unpaired) electrons. The Labute approximate surface area is 154 Å². The molecule has 3 rings (SSSR count). The lowest BCUT2D eigenvalue weighted by molar-refractivity contribution is 0.00398. The highest BCUT2D eigenvalue weighted by molar-refractivity contribution is 5.25. The molecule has 0 spiro atoms. The van der Waals surface area contributed by atoms with Crippen molar-refractivity contribution in [2.75, 3.05) is 33.6 Å². The van der Waals surface area contributed by atoms with Gasteiger partial charge < -0.3 is 19.5 Å². The molecule has 140 valence electrons. The van der Waals surface area contributed by atoms with Crippen LogP contribution in [0.5, 0.6) is 0 Å². The molecule has 1 N–H and O–H groups in total. The smallest absolute Gasteiger partial charge is 0.188 e. The summed E-state index contributed by atoms with van der Waals surface area (Å²) in [6.45, 7) is 2.75. The van der Waals surface area contributed by atoms with Crippen molar-refractivity contribution in [1.82, 2.24) is 5.32 Å². The van der Waals surface area contributed by atoms with Crippen molar-refractivity contribution < 1.29 is 18.6 Å². The van der Waals surface area contributed by atoms with Gasteiger partial charge in [0, 0.05) is 26.0 Å². The van der Waals surface area contributed by atoms with Crippen LogP contribution in [-0.4, -0.2) is 33.6 Å². The van der Waals surface area contributed by atoms with Crippen LogP contribution in [0, 0.1) is 11.7 Å². The first-order valence-electron chi connectivity index (χ1n) is 9.04. The zero-order valence-corrected chi connectivity index (χ0v) is 15.1. The number of allylic oxidation sites excluding steroid dienone is 4. The molecule has 1 fully saturated rings. The predicted molar refractivity (Wildman–Crippen MR) is 99.0 cm³/mol. The van der Waals surface area contributed by atoms with Crippen molar-refractivity contribution in [2.24, 2.45) is 5.92 Å². The zero-order chi connectivity index (χ0) is 18.2. The fourth-order valence-electron chi connectivity index (χ4n) is 3.39. The molecule has 0 amide bonds. The van der Waals surface area contributed by atoms with E-state index in [1.165, 1.54) is 5.56 Å². The maximum absolute atomic E-state index is 13.2. The normalized spacial score (nSPS) is 23.0. The molecule has 1 aliphatic carbocycles. The largest absolute Gasteiger partial charge is 0.494 e. The summed E-state index contributed by atoms with van der Waals surface area (Å²) in [7, 11) is 1.60. The number of hydrogen-bond donors (Lipinski definition) is 1. The van der Waals surface area contributed by atoms with Gasteiger partial charge in [0.25, 0.3) is 0 Å². The van der Waals surface area contributed by atoms with Crippen LogP contribution in [0.1, 0.15) is 24.3 Å². The van der Waals surface area contributed by atoms with Crippen LogP contribution >= 0.6 is 0 Å². The van der Waals surface area contributed by atoms with Gasteiger partial charge in [0.2, 0.25) is 0 Å². The lowest BCUT2D eigenvalue weighted by Gasteiger charge is -2.32. The SMILES string of the molecule is COCOC1=CC=CC(OCC2CNCCC2c2ccc(F)cc2)=CC1. The van der Waals surface area contributed by atoms with Crippen LogP contribution in [0.4, 0.5) is 4.39 Å². The highest BCUT2D eigenvalue weighted by atomic mass is 19.1. The van der Waals surface area contributed by atoms with E-state index in [1.54, 1.807) is 19.2 Å². The number of piperidine rings is 1. The number of nitrogens with one attached hydrogen (secondary N) is 1. The fraction of sp³-hybridized carbons (Fsp3) is 0.429. The van der Waals surface area contributed by atoms with E-state index in [1.807, 2.05) is 36.4 Å². The molecule has 0 bridgehead atoms. The summed E-state index contributed by atoms with van der Waals surface area (Å²) in [5.41, 5.74) is 1.18. The number of hydrogen-bond acceptors (Lipinski definition) is 4. The molecular weight excluding hydrogens is 333 g/mol. The van der Waals surface area contributed by atoms with Gasteiger partial charge in [-0.2, -0.15) is 0 Å².